The van der Waals surface area contributed by atoms with Crippen LogP contribution in [0.15, 0.2) is 59.5 Å². The highest BCUT2D eigenvalue weighted by Gasteiger charge is 2.26. The van der Waals surface area contributed by atoms with Gasteiger partial charge in [-0.1, -0.05) is 42.8 Å². The number of nitrogens with zero attached hydrogens (tertiary/aromatic N) is 2. The molecule has 0 radical (unpaired) electrons. The van der Waals surface area contributed by atoms with Gasteiger partial charge in [-0.3, -0.25) is 4.79 Å². The molecule has 1 fully saturated rings. The lowest BCUT2D eigenvalue weighted by molar-refractivity contribution is 0.0941. The lowest BCUT2D eigenvalue weighted by atomic mass is 10.1. The third kappa shape index (κ3) is 5.68. The summed E-state index contributed by atoms with van der Waals surface area (Å²) < 4.78 is 27.3. The van der Waals surface area contributed by atoms with Crippen molar-refractivity contribution in [3.8, 4) is 0 Å². The molecule has 0 aliphatic carbocycles. The van der Waals surface area contributed by atoms with Gasteiger partial charge in [-0.25, -0.2) is 8.42 Å². The molecular formula is C23H31N3O3S. The molecule has 2 aromatic carbocycles. The highest BCUT2D eigenvalue weighted by Crippen LogP contribution is 2.21. The maximum Gasteiger partial charge on any atom is 0.251 e. The van der Waals surface area contributed by atoms with Gasteiger partial charge in [0.05, 0.1) is 4.90 Å². The number of amides is 1. The Bertz CT molecular complexity index is 939. The van der Waals surface area contributed by atoms with Crippen LogP contribution in [0.1, 0.15) is 35.2 Å². The van der Waals surface area contributed by atoms with Gasteiger partial charge in [0.15, 0.2) is 0 Å². The molecule has 0 spiro atoms. The van der Waals surface area contributed by atoms with Crippen molar-refractivity contribution in [1.29, 1.82) is 0 Å². The normalized spacial score (nSPS) is 16.4. The van der Waals surface area contributed by atoms with Crippen LogP contribution >= 0.6 is 0 Å². The van der Waals surface area contributed by atoms with E-state index in [1.54, 1.807) is 18.2 Å². The molecule has 30 heavy (non-hydrogen) atoms. The van der Waals surface area contributed by atoms with Gasteiger partial charge in [0.2, 0.25) is 10.0 Å². The van der Waals surface area contributed by atoms with E-state index >= 15 is 0 Å². The molecule has 0 saturated carbocycles. The summed E-state index contributed by atoms with van der Waals surface area (Å²) in [4.78, 5) is 15.0. The number of hydrogen-bond donors (Lipinski definition) is 1. The topological polar surface area (TPSA) is 69.7 Å². The monoisotopic (exact) mass is 429 g/mol. The largest absolute Gasteiger partial charge is 0.350 e. The molecule has 6 nitrogen and oxygen atoms in total. The van der Waals surface area contributed by atoms with E-state index in [1.165, 1.54) is 15.9 Å². The van der Waals surface area contributed by atoms with Crippen molar-refractivity contribution >= 4 is 15.9 Å². The molecule has 0 aromatic heterocycles. The first-order valence-electron chi connectivity index (χ1n) is 10.5. The first kappa shape index (κ1) is 22.5. The summed E-state index contributed by atoms with van der Waals surface area (Å²) in [6.07, 6.45) is 3.64. The van der Waals surface area contributed by atoms with Crippen LogP contribution in [0.3, 0.4) is 0 Å². The number of carbonyl (C=O) groups excluding carboxylic acids is 1. The molecule has 1 aliphatic rings. The summed E-state index contributed by atoms with van der Waals surface area (Å²) in [6.45, 7) is 1.56. The first-order valence-corrected chi connectivity index (χ1v) is 11.9. The Morgan fingerprint density at radius 1 is 1.03 bits per heavy atom. The third-order valence-electron chi connectivity index (χ3n) is 5.59. The standard InChI is InChI=1S/C23H31N3O3S/c1-25(2)21(16-19-10-5-3-6-11-19)18-24-23(27)20-12-9-13-22(17-20)30(28,29)26-14-7-4-8-15-26/h3,5-6,9-13,17,21H,4,7-8,14-16,18H2,1-2H3,(H,24,27). The summed E-state index contributed by atoms with van der Waals surface area (Å²) in [6, 6.07) is 16.6. The van der Waals surface area contributed by atoms with Gasteiger partial charge >= 0.3 is 0 Å². The molecule has 2 aromatic rings. The van der Waals surface area contributed by atoms with Gasteiger partial charge in [-0.2, -0.15) is 4.31 Å². The number of benzene rings is 2. The maximum absolute atomic E-state index is 12.9. The van der Waals surface area contributed by atoms with E-state index in [0.29, 0.717) is 25.2 Å². The lowest BCUT2D eigenvalue weighted by Gasteiger charge is -2.26. The van der Waals surface area contributed by atoms with Crippen LogP contribution in [0.2, 0.25) is 0 Å². The van der Waals surface area contributed by atoms with Gasteiger partial charge < -0.3 is 10.2 Å². The van der Waals surface area contributed by atoms with Crippen molar-refractivity contribution in [2.75, 3.05) is 33.7 Å². The second-order valence-electron chi connectivity index (χ2n) is 8.01. The average Bonchev–Trinajstić information content (AvgIpc) is 2.77. The fraction of sp³-hybridized carbons (Fsp3) is 0.435. The molecule has 1 unspecified atom stereocenters. The third-order valence-corrected chi connectivity index (χ3v) is 7.49. The van der Waals surface area contributed by atoms with Gasteiger partial charge in [0.25, 0.3) is 5.91 Å². The van der Waals surface area contributed by atoms with Crippen molar-refractivity contribution in [1.82, 2.24) is 14.5 Å². The van der Waals surface area contributed by atoms with Crippen LogP contribution in [0.25, 0.3) is 0 Å². The van der Waals surface area contributed by atoms with Crippen LogP contribution in [0, 0.1) is 0 Å². The predicted octanol–water partition coefficient (Wildman–Crippen LogP) is 2.76. The Morgan fingerprint density at radius 3 is 2.40 bits per heavy atom. The number of nitrogens with one attached hydrogen (secondary N) is 1. The number of sulfonamides is 1. The summed E-state index contributed by atoms with van der Waals surface area (Å²) >= 11 is 0. The van der Waals surface area contributed by atoms with E-state index in [1.807, 2.05) is 32.3 Å². The Kier molecular flexibility index (Phi) is 7.64. The zero-order valence-electron chi connectivity index (χ0n) is 17.8. The van der Waals surface area contributed by atoms with Crippen LogP contribution in [0.4, 0.5) is 0 Å². The minimum absolute atomic E-state index is 0.136. The van der Waals surface area contributed by atoms with Crippen molar-refractivity contribution < 1.29 is 13.2 Å². The zero-order chi connectivity index (χ0) is 21.6. The predicted molar refractivity (Wildman–Crippen MR) is 119 cm³/mol. The van der Waals surface area contributed by atoms with Crippen LogP contribution in [-0.2, 0) is 16.4 Å². The molecule has 3 rings (SSSR count). The van der Waals surface area contributed by atoms with Gasteiger partial charge in [-0.05, 0) is 57.1 Å². The molecular weight excluding hydrogens is 398 g/mol. The molecule has 1 saturated heterocycles. The number of likely N-dealkylation sites (N-methyl/N-ethyl adjacent to an activating group) is 1. The quantitative estimate of drug-likeness (QED) is 0.701. The van der Waals surface area contributed by atoms with Crippen molar-refractivity contribution in [3.63, 3.8) is 0 Å². The summed E-state index contributed by atoms with van der Waals surface area (Å²) in [7, 11) is 0.425. The minimum Gasteiger partial charge on any atom is -0.350 e. The summed E-state index contributed by atoms with van der Waals surface area (Å²) in [5.74, 6) is -0.259. The highest BCUT2D eigenvalue weighted by molar-refractivity contribution is 7.89. The average molecular weight is 430 g/mol. The second kappa shape index (κ2) is 10.2. The smallest absolute Gasteiger partial charge is 0.251 e. The van der Waals surface area contributed by atoms with Crippen LogP contribution in [-0.4, -0.2) is 63.3 Å². The first-order chi connectivity index (χ1) is 14.4. The molecule has 1 N–H and O–H groups in total. The van der Waals surface area contributed by atoms with Gasteiger partial charge in [-0.15, -0.1) is 0 Å². The molecule has 0 bridgehead atoms. The molecule has 1 amide bonds. The van der Waals surface area contributed by atoms with Gasteiger partial charge in [0, 0.05) is 31.2 Å². The zero-order valence-corrected chi connectivity index (χ0v) is 18.6. The van der Waals surface area contributed by atoms with Crippen molar-refractivity contribution in [2.45, 2.75) is 36.6 Å². The molecule has 1 atom stereocenters. The Labute approximate surface area is 179 Å². The summed E-state index contributed by atoms with van der Waals surface area (Å²) in [5, 5.41) is 2.97. The number of hydrogen-bond acceptors (Lipinski definition) is 4. The van der Waals surface area contributed by atoms with E-state index < -0.39 is 10.0 Å². The van der Waals surface area contributed by atoms with E-state index in [-0.39, 0.29) is 16.8 Å². The number of piperidine rings is 1. The van der Waals surface area contributed by atoms with Crippen LogP contribution < -0.4 is 5.32 Å². The molecule has 162 valence electrons. The maximum atomic E-state index is 12.9. The fourth-order valence-corrected chi connectivity index (χ4v) is 5.25. The SMILES string of the molecule is CN(C)C(CNC(=O)c1cccc(S(=O)(=O)N2CCCCC2)c1)Cc1ccccc1. The van der Waals surface area contributed by atoms with Crippen molar-refractivity contribution in [2.24, 2.45) is 0 Å². The second-order valence-corrected chi connectivity index (χ2v) is 9.95. The highest BCUT2D eigenvalue weighted by atomic mass is 32.2. The van der Waals surface area contributed by atoms with Gasteiger partial charge in [0.1, 0.15) is 0 Å². The van der Waals surface area contributed by atoms with E-state index in [0.717, 1.165) is 25.7 Å². The Morgan fingerprint density at radius 2 is 1.73 bits per heavy atom. The Balaban J connectivity index is 1.67. The van der Waals surface area contributed by atoms with E-state index in [9.17, 15) is 13.2 Å². The Hall–Kier alpha value is -2.22. The minimum atomic E-state index is -3.56. The number of carbonyl (C=O) groups is 1. The molecule has 7 heteroatoms. The van der Waals surface area contributed by atoms with E-state index in [2.05, 4.69) is 22.3 Å². The molecule has 1 heterocycles. The summed E-state index contributed by atoms with van der Waals surface area (Å²) in [5.41, 5.74) is 1.57. The molecule has 1 aliphatic heterocycles. The van der Waals surface area contributed by atoms with E-state index in [4.69, 9.17) is 0 Å². The lowest BCUT2D eigenvalue weighted by Crippen LogP contribution is -2.41. The fourth-order valence-electron chi connectivity index (χ4n) is 3.69. The van der Waals surface area contributed by atoms with Crippen molar-refractivity contribution in [3.05, 3.63) is 65.7 Å². The number of rotatable bonds is 8. The van der Waals surface area contributed by atoms with Crippen LogP contribution in [0.5, 0.6) is 0 Å².